The second-order valence-corrected chi connectivity index (χ2v) is 5.11. The van der Waals surface area contributed by atoms with Gasteiger partial charge in [-0.2, -0.15) is 5.26 Å². The molecule has 0 aliphatic carbocycles. The lowest BCUT2D eigenvalue weighted by Crippen LogP contribution is -2.20. The summed E-state index contributed by atoms with van der Waals surface area (Å²) in [5.41, 5.74) is 3.47. The Labute approximate surface area is 135 Å². The van der Waals surface area contributed by atoms with E-state index < -0.39 is 0 Å². The lowest BCUT2D eigenvalue weighted by molar-refractivity contribution is -0.118. The highest BCUT2D eigenvalue weighted by Crippen LogP contribution is 2.27. The minimum Gasteiger partial charge on any atom is -0.493 e. The van der Waals surface area contributed by atoms with Crippen molar-refractivity contribution in [3.8, 4) is 17.6 Å². The van der Waals surface area contributed by atoms with Crippen LogP contribution in [0, 0.1) is 25.2 Å². The summed E-state index contributed by atoms with van der Waals surface area (Å²) in [6.07, 6.45) is 0. The molecule has 2 rings (SSSR count). The van der Waals surface area contributed by atoms with Crippen LogP contribution < -0.4 is 14.8 Å². The molecule has 0 radical (unpaired) electrons. The van der Waals surface area contributed by atoms with Crippen LogP contribution in [0.25, 0.3) is 0 Å². The molecule has 118 valence electrons. The number of amides is 1. The molecule has 1 N–H and O–H groups in total. The molecule has 1 amide bonds. The molecule has 0 aliphatic heterocycles. The normalized spacial score (nSPS) is 9.83. The first kappa shape index (κ1) is 16.4. The molecule has 5 nitrogen and oxygen atoms in total. The Morgan fingerprint density at radius 1 is 1.13 bits per heavy atom. The molecule has 0 atom stereocenters. The molecular weight excluding hydrogens is 292 g/mol. The number of carbonyl (C=O) groups excluding carboxylic acids is 1. The van der Waals surface area contributed by atoms with Gasteiger partial charge in [0.05, 0.1) is 18.7 Å². The van der Waals surface area contributed by atoms with Crippen LogP contribution >= 0.6 is 0 Å². The summed E-state index contributed by atoms with van der Waals surface area (Å²) in [6, 6.07) is 12.5. The molecule has 0 saturated heterocycles. The second-order valence-electron chi connectivity index (χ2n) is 5.11. The Bertz CT molecular complexity index is 763. The van der Waals surface area contributed by atoms with E-state index >= 15 is 0 Å². The van der Waals surface area contributed by atoms with Crippen molar-refractivity contribution in [1.29, 1.82) is 5.26 Å². The number of ether oxygens (including phenoxy) is 2. The van der Waals surface area contributed by atoms with Gasteiger partial charge in [-0.1, -0.05) is 6.07 Å². The molecule has 0 fully saturated rings. The molecule has 0 saturated carbocycles. The van der Waals surface area contributed by atoms with Crippen molar-refractivity contribution >= 4 is 11.6 Å². The fraction of sp³-hybridized carbons (Fsp3) is 0.222. The van der Waals surface area contributed by atoms with Crippen LogP contribution in [0.2, 0.25) is 0 Å². The molecule has 5 heteroatoms. The van der Waals surface area contributed by atoms with Crippen LogP contribution in [-0.2, 0) is 4.79 Å². The van der Waals surface area contributed by atoms with Crippen molar-refractivity contribution in [2.24, 2.45) is 0 Å². The largest absolute Gasteiger partial charge is 0.493 e. The summed E-state index contributed by atoms with van der Waals surface area (Å²) < 4.78 is 10.6. The zero-order valence-electron chi connectivity index (χ0n) is 13.3. The monoisotopic (exact) mass is 310 g/mol. The second kappa shape index (κ2) is 7.32. The van der Waals surface area contributed by atoms with Gasteiger partial charge in [0.2, 0.25) is 0 Å². The summed E-state index contributed by atoms with van der Waals surface area (Å²) in [6.45, 7) is 3.86. The summed E-state index contributed by atoms with van der Waals surface area (Å²) in [5.74, 6) is 0.574. The number of hydrogen-bond donors (Lipinski definition) is 1. The highest BCUT2D eigenvalue weighted by Gasteiger charge is 2.09. The smallest absolute Gasteiger partial charge is 0.262 e. The fourth-order valence-electron chi connectivity index (χ4n) is 2.02. The highest BCUT2D eigenvalue weighted by atomic mass is 16.5. The number of carbonyl (C=O) groups is 1. The number of rotatable bonds is 5. The zero-order valence-corrected chi connectivity index (χ0v) is 13.3. The van der Waals surface area contributed by atoms with Crippen LogP contribution in [-0.4, -0.2) is 19.6 Å². The molecule has 0 aliphatic rings. The first-order valence-corrected chi connectivity index (χ1v) is 7.11. The Morgan fingerprint density at radius 2 is 1.91 bits per heavy atom. The van der Waals surface area contributed by atoms with Crippen molar-refractivity contribution in [3.63, 3.8) is 0 Å². The van der Waals surface area contributed by atoms with Crippen molar-refractivity contribution in [2.75, 3.05) is 19.0 Å². The van der Waals surface area contributed by atoms with Gasteiger partial charge < -0.3 is 14.8 Å². The van der Waals surface area contributed by atoms with Crippen LogP contribution in [0.5, 0.6) is 11.5 Å². The van der Waals surface area contributed by atoms with Gasteiger partial charge in [0, 0.05) is 11.8 Å². The van der Waals surface area contributed by atoms with E-state index in [2.05, 4.69) is 5.32 Å². The molecule has 0 unspecified atom stereocenters. The van der Waals surface area contributed by atoms with E-state index in [9.17, 15) is 4.79 Å². The maximum atomic E-state index is 12.0. The maximum absolute atomic E-state index is 12.0. The Kier molecular flexibility index (Phi) is 5.21. The number of anilines is 1. The average molecular weight is 310 g/mol. The van der Waals surface area contributed by atoms with Gasteiger partial charge in [-0.25, -0.2) is 0 Å². The molecule has 23 heavy (non-hydrogen) atoms. The molecule has 2 aromatic carbocycles. The van der Waals surface area contributed by atoms with Crippen molar-refractivity contribution < 1.29 is 14.3 Å². The minimum absolute atomic E-state index is 0.144. The number of nitrogens with one attached hydrogen (secondary N) is 1. The first-order chi connectivity index (χ1) is 11.0. The average Bonchev–Trinajstić information content (AvgIpc) is 2.56. The summed E-state index contributed by atoms with van der Waals surface area (Å²) >= 11 is 0. The van der Waals surface area contributed by atoms with Crippen LogP contribution in [0.4, 0.5) is 5.69 Å². The number of aryl methyl sites for hydroxylation is 2. The predicted molar refractivity (Wildman–Crippen MR) is 87.7 cm³/mol. The number of nitrogens with zero attached hydrogens (tertiary/aromatic N) is 1. The van der Waals surface area contributed by atoms with E-state index in [1.54, 1.807) is 18.2 Å². The summed E-state index contributed by atoms with van der Waals surface area (Å²) in [4.78, 5) is 12.0. The number of nitriles is 1. The minimum atomic E-state index is -0.264. The topological polar surface area (TPSA) is 71.3 Å². The molecule has 0 bridgehead atoms. The highest BCUT2D eigenvalue weighted by molar-refractivity contribution is 5.92. The molecule has 0 spiro atoms. The van der Waals surface area contributed by atoms with E-state index in [4.69, 9.17) is 14.7 Å². The lowest BCUT2D eigenvalue weighted by Gasteiger charge is -2.11. The van der Waals surface area contributed by atoms with E-state index in [-0.39, 0.29) is 12.5 Å². The number of hydrogen-bond acceptors (Lipinski definition) is 4. The summed E-state index contributed by atoms with van der Waals surface area (Å²) in [5, 5.41) is 11.6. The third-order valence-corrected chi connectivity index (χ3v) is 3.44. The predicted octanol–water partition coefficient (Wildman–Crippen LogP) is 3.20. The van der Waals surface area contributed by atoms with Gasteiger partial charge in [-0.05, 0) is 49.2 Å². The zero-order chi connectivity index (χ0) is 16.8. The molecular formula is C18H18N2O3. The number of methoxy groups -OCH3 is 1. The van der Waals surface area contributed by atoms with Crippen LogP contribution in [0.15, 0.2) is 36.4 Å². The Hall–Kier alpha value is -3.00. The van der Waals surface area contributed by atoms with Gasteiger partial charge in [-0.3, -0.25) is 4.79 Å². The van der Waals surface area contributed by atoms with Gasteiger partial charge >= 0.3 is 0 Å². The molecule has 0 aromatic heterocycles. The van der Waals surface area contributed by atoms with Gasteiger partial charge in [0.1, 0.15) is 0 Å². The SMILES string of the molecule is COc1cc(C#N)ccc1OCC(=O)Nc1ccc(C)c(C)c1. The van der Waals surface area contributed by atoms with Crippen molar-refractivity contribution in [2.45, 2.75) is 13.8 Å². The Morgan fingerprint density at radius 3 is 2.57 bits per heavy atom. The van der Waals surface area contributed by atoms with Crippen molar-refractivity contribution in [3.05, 3.63) is 53.1 Å². The molecule has 0 heterocycles. The quantitative estimate of drug-likeness (QED) is 0.920. The van der Waals surface area contributed by atoms with E-state index in [1.807, 2.05) is 38.1 Å². The third-order valence-electron chi connectivity index (χ3n) is 3.44. The third kappa shape index (κ3) is 4.24. The maximum Gasteiger partial charge on any atom is 0.262 e. The van der Waals surface area contributed by atoms with E-state index in [0.29, 0.717) is 17.1 Å². The Balaban J connectivity index is 1.99. The van der Waals surface area contributed by atoms with E-state index in [1.165, 1.54) is 12.7 Å². The number of benzene rings is 2. The van der Waals surface area contributed by atoms with Gasteiger partial charge in [-0.15, -0.1) is 0 Å². The molecule has 2 aromatic rings. The van der Waals surface area contributed by atoms with Crippen LogP contribution in [0.1, 0.15) is 16.7 Å². The standard InChI is InChI=1S/C18H18N2O3/c1-12-4-6-15(8-13(12)2)20-18(21)11-23-16-7-5-14(10-19)9-17(16)22-3/h4-9H,11H2,1-3H3,(H,20,21). The van der Waals surface area contributed by atoms with Gasteiger partial charge in [0.15, 0.2) is 18.1 Å². The van der Waals surface area contributed by atoms with E-state index in [0.717, 1.165) is 11.3 Å². The first-order valence-electron chi connectivity index (χ1n) is 7.11. The lowest BCUT2D eigenvalue weighted by atomic mass is 10.1. The van der Waals surface area contributed by atoms with Crippen LogP contribution in [0.3, 0.4) is 0 Å². The van der Waals surface area contributed by atoms with Crippen molar-refractivity contribution in [1.82, 2.24) is 0 Å². The summed E-state index contributed by atoms with van der Waals surface area (Å²) in [7, 11) is 1.48. The fourth-order valence-corrected chi connectivity index (χ4v) is 2.02. The van der Waals surface area contributed by atoms with Gasteiger partial charge in [0.25, 0.3) is 5.91 Å².